The number of carbonyl (C=O) groups is 1. The fourth-order valence-corrected chi connectivity index (χ4v) is 3.44. The monoisotopic (exact) mass is 281 g/mol. The highest BCUT2D eigenvalue weighted by molar-refractivity contribution is 6.00. The van der Waals surface area contributed by atoms with Crippen molar-refractivity contribution in [1.29, 1.82) is 0 Å². The van der Waals surface area contributed by atoms with Crippen LogP contribution in [0.3, 0.4) is 0 Å². The molecule has 2 bridgehead atoms. The van der Waals surface area contributed by atoms with Crippen molar-refractivity contribution in [2.24, 2.45) is 5.92 Å². The molecule has 0 aliphatic carbocycles. The lowest BCUT2D eigenvalue weighted by atomic mass is 9.85. The lowest BCUT2D eigenvalue weighted by Gasteiger charge is -2.28. The number of methoxy groups -OCH3 is 1. The average Bonchev–Trinajstić information content (AvgIpc) is 2.75. The SMILES string of the molecule is COc1c(F)cc(F)cc1C(=O)C1CC2CCC(C1)N2. The summed E-state index contributed by atoms with van der Waals surface area (Å²) in [6.07, 6.45) is 3.61. The summed E-state index contributed by atoms with van der Waals surface area (Å²) in [6.45, 7) is 0. The van der Waals surface area contributed by atoms with Crippen LogP contribution in [0.25, 0.3) is 0 Å². The largest absolute Gasteiger partial charge is 0.493 e. The Balaban J connectivity index is 1.90. The number of hydrogen-bond donors (Lipinski definition) is 1. The van der Waals surface area contributed by atoms with Gasteiger partial charge in [0, 0.05) is 24.1 Å². The number of piperidine rings is 1. The van der Waals surface area contributed by atoms with E-state index in [1.807, 2.05) is 0 Å². The van der Waals surface area contributed by atoms with Crippen LogP contribution in [-0.4, -0.2) is 25.0 Å². The Morgan fingerprint density at radius 3 is 2.50 bits per heavy atom. The molecule has 2 aliphatic heterocycles. The van der Waals surface area contributed by atoms with Crippen LogP contribution in [0.4, 0.5) is 8.78 Å². The second-order valence-corrected chi connectivity index (χ2v) is 5.64. The van der Waals surface area contributed by atoms with Crippen LogP contribution in [0.15, 0.2) is 12.1 Å². The first-order valence-corrected chi connectivity index (χ1v) is 6.91. The highest BCUT2D eigenvalue weighted by Gasteiger charge is 2.37. The van der Waals surface area contributed by atoms with E-state index in [9.17, 15) is 13.6 Å². The van der Waals surface area contributed by atoms with Crippen molar-refractivity contribution in [3.05, 3.63) is 29.3 Å². The molecule has 2 saturated heterocycles. The van der Waals surface area contributed by atoms with Crippen molar-refractivity contribution in [3.8, 4) is 5.75 Å². The second-order valence-electron chi connectivity index (χ2n) is 5.64. The molecule has 2 heterocycles. The Hall–Kier alpha value is -1.49. The summed E-state index contributed by atoms with van der Waals surface area (Å²) in [5.74, 6) is -2.11. The fourth-order valence-electron chi connectivity index (χ4n) is 3.44. The van der Waals surface area contributed by atoms with Gasteiger partial charge < -0.3 is 10.1 Å². The van der Waals surface area contributed by atoms with Crippen molar-refractivity contribution >= 4 is 5.78 Å². The summed E-state index contributed by atoms with van der Waals surface area (Å²) in [7, 11) is 1.29. The van der Waals surface area contributed by atoms with Gasteiger partial charge in [0.2, 0.25) is 0 Å². The first kappa shape index (κ1) is 13.5. The predicted octanol–water partition coefficient (Wildman–Crippen LogP) is 2.69. The highest BCUT2D eigenvalue weighted by Crippen LogP contribution is 2.35. The molecular formula is C15H17F2NO2. The lowest BCUT2D eigenvalue weighted by molar-refractivity contribution is 0.0871. The fraction of sp³-hybridized carbons (Fsp3) is 0.533. The molecule has 0 spiro atoms. The van der Waals surface area contributed by atoms with Crippen molar-refractivity contribution < 1.29 is 18.3 Å². The second kappa shape index (κ2) is 5.13. The highest BCUT2D eigenvalue weighted by atomic mass is 19.1. The van der Waals surface area contributed by atoms with Gasteiger partial charge in [0.05, 0.1) is 12.7 Å². The molecule has 1 aromatic rings. The van der Waals surface area contributed by atoms with Crippen LogP contribution in [0.1, 0.15) is 36.0 Å². The van der Waals surface area contributed by atoms with E-state index in [2.05, 4.69) is 5.32 Å². The quantitative estimate of drug-likeness (QED) is 0.866. The number of ether oxygens (including phenoxy) is 1. The Morgan fingerprint density at radius 1 is 1.25 bits per heavy atom. The summed E-state index contributed by atoms with van der Waals surface area (Å²) in [6, 6.07) is 2.52. The van der Waals surface area contributed by atoms with Gasteiger partial charge in [-0.05, 0) is 31.7 Å². The van der Waals surface area contributed by atoms with E-state index in [0.29, 0.717) is 12.1 Å². The van der Waals surface area contributed by atoms with Crippen molar-refractivity contribution in [3.63, 3.8) is 0 Å². The minimum absolute atomic E-state index is 0.0244. The van der Waals surface area contributed by atoms with E-state index in [0.717, 1.165) is 37.8 Å². The maximum Gasteiger partial charge on any atom is 0.170 e. The molecule has 0 radical (unpaired) electrons. The zero-order valence-electron chi connectivity index (χ0n) is 11.3. The van der Waals surface area contributed by atoms with Crippen molar-refractivity contribution in [2.75, 3.05) is 7.11 Å². The lowest BCUT2D eigenvalue weighted by Crippen LogP contribution is -2.40. The number of Topliss-reactive ketones (excluding diaryl/α,β-unsaturated/α-hetero) is 1. The first-order chi connectivity index (χ1) is 9.58. The molecule has 2 unspecified atom stereocenters. The Bertz CT molecular complexity index is 535. The number of carbonyl (C=O) groups excluding carboxylic acids is 1. The third-order valence-electron chi connectivity index (χ3n) is 4.32. The first-order valence-electron chi connectivity index (χ1n) is 6.91. The van der Waals surface area contributed by atoms with Crippen molar-refractivity contribution in [2.45, 2.75) is 37.8 Å². The number of benzene rings is 1. The number of fused-ring (bicyclic) bond motifs is 2. The molecule has 108 valence electrons. The summed E-state index contributed by atoms with van der Waals surface area (Å²) in [5, 5.41) is 3.45. The molecular weight excluding hydrogens is 264 g/mol. The average molecular weight is 281 g/mol. The van der Waals surface area contributed by atoms with Crippen LogP contribution in [-0.2, 0) is 0 Å². The van der Waals surface area contributed by atoms with Gasteiger partial charge >= 0.3 is 0 Å². The zero-order valence-corrected chi connectivity index (χ0v) is 11.3. The minimum atomic E-state index is -0.826. The van der Waals surface area contributed by atoms with E-state index in [1.54, 1.807) is 0 Å². The summed E-state index contributed by atoms with van der Waals surface area (Å²) in [5.41, 5.74) is 0.0244. The molecule has 2 atom stereocenters. The molecule has 2 aliphatic rings. The molecule has 1 aromatic carbocycles. The van der Waals surface area contributed by atoms with E-state index < -0.39 is 11.6 Å². The summed E-state index contributed by atoms with van der Waals surface area (Å²) < 4.78 is 32.0. The molecule has 3 rings (SSSR count). The van der Waals surface area contributed by atoms with E-state index in [-0.39, 0.29) is 23.0 Å². The zero-order chi connectivity index (χ0) is 14.3. The van der Waals surface area contributed by atoms with Crippen LogP contribution in [0, 0.1) is 17.6 Å². The van der Waals surface area contributed by atoms with Gasteiger partial charge in [0.1, 0.15) is 5.82 Å². The van der Waals surface area contributed by atoms with Crippen LogP contribution < -0.4 is 10.1 Å². The molecule has 20 heavy (non-hydrogen) atoms. The topological polar surface area (TPSA) is 38.3 Å². The van der Waals surface area contributed by atoms with Gasteiger partial charge in [-0.3, -0.25) is 4.79 Å². The Kier molecular flexibility index (Phi) is 3.46. The van der Waals surface area contributed by atoms with Gasteiger partial charge in [-0.25, -0.2) is 8.78 Å². The normalized spacial score (nSPS) is 28.4. The molecule has 0 saturated carbocycles. The van der Waals surface area contributed by atoms with E-state index in [4.69, 9.17) is 4.74 Å². The molecule has 3 nitrogen and oxygen atoms in total. The van der Waals surface area contributed by atoms with Crippen molar-refractivity contribution in [1.82, 2.24) is 5.32 Å². The van der Waals surface area contributed by atoms with Gasteiger partial charge in [-0.1, -0.05) is 0 Å². The number of hydrogen-bond acceptors (Lipinski definition) is 3. The minimum Gasteiger partial charge on any atom is -0.493 e. The standard InChI is InChI=1S/C15H17F2NO2/c1-20-15-12(6-9(16)7-13(15)17)14(19)8-4-10-2-3-11(5-8)18-10/h6-8,10-11,18H,2-5H2,1H3. The van der Waals surface area contributed by atoms with Gasteiger partial charge in [0.25, 0.3) is 0 Å². The molecule has 1 N–H and O–H groups in total. The maximum absolute atomic E-state index is 13.7. The molecule has 5 heteroatoms. The number of halogens is 2. The summed E-state index contributed by atoms with van der Waals surface area (Å²) in [4.78, 5) is 12.6. The Morgan fingerprint density at radius 2 is 1.90 bits per heavy atom. The number of rotatable bonds is 3. The van der Waals surface area contributed by atoms with E-state index in [1.165, 1.54) is 7.11 Å². The van der Waals surface area contributed by atoms with Gasteiger partial charge in [-0.2, -0.15) is 0 Å². The number of nitrogens with one attached hydrogen (secondary N) is 1. The molecule has 0 amide bonds. The van der Waals surface area contributed by atoms with Crippen LogP contribution in [0.5, 0.6) is 5.75 Å². The summed E-state index contributed by atoms with van der Waals surface area (Å²) >= 11 is 0. The molecule has 0 aromatic heterocycles. The third kappa shape index (κ3) is 2.30. The van der Waals surface area contributed by atoms with Gasteiger partial charge in [0.15, 0.2) is 17.3 Å². The maximum atomic E-state index is 13.7. The number of ketones is 1. The Labute approximate surface area is 116 Å². The third-order valence-corrected chi connectivity index (χ3v) is 4.32. The van der Waals surface area contributed by atoms with Crippen LogP contribution in [0.2, 0.25) is 0 Å². The van der Waals surface area contributed by atoms with Crippen LogP contribution >= 0.6 is 0 Å². The smallest absolute Gasteiger partial charge is 0.170 e. The van der Waals surface area contributed by atoms with E-state index >= 15 is 0 Å². The molecule has 2 fully saturated rings. The van der Waals surface area contributed by atoms with Gasteiger partial charge in [-0.15, -0.1) is 0 Å². The predicted molar refractivity (Wildman–Crippen MR) is 69.9 cm³/mol.